The van der Waals surface area contributed by atoms with Gasteiger partial charge in [0.25, 0.3) is 5.91 Å². The molecule has 0 saturated carbocycles. The van der Waals surface area contributed by atoms with Crippen molar-refractivity contribution in [2.24, 2.45) is 0 Å². The lowest BCUT2D eigenvalue weighted by atomic mass is 9.81. The SMILES string of the molecule is C[C@@]1(O)CCN(S(=O)(=O)c2ccccc2)[C@@H](c2ccccc2)[C@@H]1NC(=O)c1ccc(F)cc1. The second-order valence-electron chi connectivity index (χ2n) is 8.35. The molecule has 1 fully saturated rings. The normalized spacial score (nSPS) is 23.7. The molecule has 3 atom stereocenters. The predicted octanol–water partition coefficient (Wildman–Crippen LogP) is 3.51. The number of piperidine rings is 1. The molecule has 0 bridgehead atoms. The maximum atomic E-state index is 13.6. The van der Waals surface area contributed by atoms with Crippen LogP contribution in [0.5, 0.6) is 0 Å². The van der Waals surface area contributed by atoms with Gasteiger partial charge in [0, 0.05) is 12.1 Å². The van der Waals surface area contributed by atoms with E-state index in [1.807, 2.05) is 6.07 Å². The Morgan fingerprint density at radius 1 is 1.00 bits per heavy atom. The molecular formula is C25H25FN2O4S. The van der Waals surface area contributed by atoms with Crippen LogP contribution in [0, 0.1) is 5.82 Å². The van der Waals surface area contributed by atoms with Crippen molar-refractivity contribution >= 4 is 15.9 Å². The Morgan fingerprint density at radius 2 is 1.58 bits per heavy atom. The van der Waals surface area contributed by atoms with E-state index in [-0.39, 0.29) is 23.4 Å². The van der Waals surface area contributed by atoms with Crippen LogP contribution in [0.1, 0.15) is 35.3 Å². The number of nitrogens with one attached hydrogen (secondary N) is 1. The van der Waals surface area contributed by atoms with E-state index in [1.165, 1.54) is 40.7 Å². The van der Waals surface area contributed by atoms with Crippen molar-refractivity contribution < 1.29 is 22.7 Å². The lowest BCUT2D eigenvalue weighted by Crippen LogP contribution is -2.63. The molecule has 2 N–H and O–H groups in total. The molecule has 172 valence electrons. The van der Waals surface area contributed by atoms with E-state index in [0.717, 1.165) is 0 Å². The standard InChI is InChI=1S/C25H25FN2O4S/c1-25(30)16-17-28(33(31,32)21-10-6-3-7-11-21)22(18-8-4-2-5-9-18)23(25)27-24(29)19-12-14-20(26)15-13-19/h2-15,22-23,30H,16-17H2,1H3,(H,27,29)/t22-,23-,25+/m0/s1. The van der Waals surface area contributed by atoms with Crippen LogP contribution in [0.15, 0.2) is 89.8 Å². The summed E-state index contributed by atoms with van der Waals surface area (Å²) in [7, 11) is -3.93. The van der Waals surface area contributed by atoms with E-state index >= 15 is 0 Å². The van der Waals surface area contributed by atoms with Gasteiger partial charge in [-0.1, -0.05) is 48.5 Å². The molecule has 6 nitrogen and oxygen atoms in total. The van der Waals surface area contributed by atoms with Crippen LogP contribution in [0.3, 0.4) is 0 Å². The van der Waals surface area contributed by atoms with E-state index in [9.17, 15) is 22.7 Å². The average molecular weight is 469 g/mol. The predicted molar refractivity (Wildman–Crippen MR) is 122 cm³/mol. The molecule has 1 amide bonds. The van der Waals surface area contributed by atoms with Crippen LogP contribution in [0.25, 0.3) is 0 Å². The minimum absolute atomic E-state index is 0.0761. The quantitative estimate of drug-likeness (QED) is 0.600. The fourth-order valence-corrected chi connectivity index (χ4v) is 5.85. The number of amides is 1. The van der Waals surface area contributed by atoms with Gasteiger partial charge in [0.05, 0.1) is 22.6 Å². The summed E-state index contributed by atoms with van der Waals surface area (Å²) < 4.78 is 41.9. The highest BCUT2D eigenvalue weighted by atomic mass is 32.2. The molecule has 33 heavy (non-hydrogen) atoms. The number of halogens is 1. The summed E-state index contributed by atoms with van der Waals surface area (Å²) in [4.78, 5) is 13.1. The number of carbonyl (C=O) groups excluding carboxylic acids is 1. The summed E-state index contributed by atoms with van der Waals surface area (Å²) in [5.41, 5.74) is -0.540. The van der Waals surface area contributed by atoms with Crippen molar-refractivity contribution in [2.75, 3.05) is 6.54 Å². The molecule has 3 aromatic rings. The van der Waals surface area contributed by atoms with Crippen LogP contribution in [-0.4, -0.2) is 41.9 Å². The number of aliphatic hydroxyl groups is 1. The first-order chi connectivity index (χ1) is 15.7. The van der Waals surface area contributed by atoms with Gasteiger partial charge < -0.3 is 10.4 Å². The molecule has 1 aliphatic heterocycles. The van der Waals surface area contributed by atoms with Crippen LogP contribution >= 0.6 is 0 Å². The van der Waals surface area contributed by atoms with Crippen LogP contribution in [0.4, 0.5) is 4.39 Å². The first-order valence-electron chi connectivity index (χ1n) is 10.6. The summed E-state index contributed by atoms with van der Waals surface area (Å²) >= 11 is 0. The Bertz CT molecular complexity index is 1220. The van der Waals surface area contributed by atoms with Gasteiger partial charge in [0.1, 0.15) is 5.82 Å². The third-order valence-corrected chi connectivity index (χ3v) is 7.91. The number of hydrogen-bond acceptors (Lipinski definition) is 4. The van der Waals surface area contributed by atoms with Crippen molar-refractivity contribution in [3.63, 3.8) is 0 Å². The number of sulfonamides is 1. The molecule has 0 unspecified atom stereocenters. The molecular weight excluding hydrogens is 443 g/mol. The number of rotatable bonds is 5. The highest BCUT2D eigenvalue weighted by Gasteiger charge is 2.50. The monoisotopic (exact) mass is 468 g/mol. The molecule has 0 aliphatic carbocycles. The molecule has 1 heterocycles. The largest absolute Gasteiger partial charge is 0.388 e. The first-order valence-corrected chi connectivity index (χ1v) is 12.0. The molecule has 1 saturated heterocycles. The zero-order valence-corrected chi connectivity index (χ0v) is 18.9. The van der Waals surface area contributed by atoms with Crippen molar-refractivity contribution in [1.82, 2.24) is 9.62 Å². The summed E-state index contributed by atoms with van der Waals surface area (Å²) in [5, 5.41) is 14.1. The van der Waals surface area contributed by atoms with Crippen molar-refractivity contribution in [3.05, 3.63) is 102 Å². The van der Waals surface area contributed by atoms with Gasteiger partial charge in [-0.3, -0.25) is 4.79 Å². The van der Waals surface area contributed by atoms with Gasteiger partial charge in [0.2, 0.25) is 10.0 Å². The second kappa shape index (κ2) is 9.05. The Kier molecular flexibility index (Phi) is 6.34. The molecule has 8 heteroatoms. The highest BCUT2D eigenvalue weighted by molar-refractivity contribution is 7.89. The van der Waals surface area contributed by atoms with Crippen molar-refractivity contribution in [1.29, 1.82) is 0 Å². The van der Waals surface area contributed by atoms with Gasteiger partial charge in [-0.2, -0.15) is 4.31 Å². The van der Waals surface area contributed by atoms with Crippen molar-refractivity contribution in [3.8, 4) is 0 Å². The third kappa shape index (κ3) is 4.68. The second-order valence-corrected chi connectivity index (χ2v) is 10.2. The zero-order chi connectivity index (χ0) is 23.6. The van der Waals surface area contributed by atoms with E-state index in [1.54, 1.807) is 49.4 Å². The lowest BCUT2D eigenvalue weighted by Gasteiger charge is -2.48. The molecule has 0 aromatic heterocycles. The smallest absolute Gasteiger partial charge is 0.251 e. The van der Waals surface area contributed by atoms with E-state index in [2.05, 4.69) is 5.32 Å². The number of carbonyl (C=O) groups is 1. The molecule has 3 aromatic carbocycles. The Labute approximate surface area is 192 Å². The summed E-state index contributed by atoms with van der Waals surface area (Å²) in [5.74, 6) is -1.00. The van der Waals surface area contributed by atoms with Crippen LogP contribution < -0.4 is 5.32 Å². The van der Waals surface area contributed by atoms with Gasteiger partial charge >= 0.3 is 0 Å². The Balaban J connectivity index is 1.78. The maximum Gasteiger partial charge on any atom is 0.251 e. The number of hydrogen-bond donors (Lipinski definition) is 2. The van der Waals surface area contributed by atoms with Gasteiger partial charge in [-0.25, -0.2) is 12.8 Å². The minimum Gasteiger partial charge on any atom is -0.388 e. The zero-order valence-electron chi connectivity index (χ0n) is 18.1. The summed E-state index contributed by atoms with van der Waals surface area (Å²) in [6.45, 7) is 1.66. The fourth-order valence-electron chi connectivity index (χ4n) is 4.20. The van der Waals surface area contributed by atoms with Gasteiger partial charge in [0.15, 0.2) is 0 Å². The maximum absolute atomic E-state index is 13.6. The first kappa shape index (κ1) is 23.1. The van der Waals surface area contributed by atoms with E-state index in [0.29, 0.717) is 5.56 Å². The third-order valence-electron chi connectivity index (χ3n) is 6.02. The minimum atomic E-state index is -3.93. The fraction of sp³-hybridized carbons (Fsp3) is 0.240. The Morgan fingerprint density at radius 3 is 2.18 bits per heavy atom. The number of nitrogens with zero attached hydrogens (tertiary/aromatic N) is 1. The Hall–Kier alpha value is -3.07. The highest BCUT2D eigenvalue weighted by Crippen LogP contribution is 2.40. The van der Waals surface area contributed by atoms with E-state index in [4.69, 9.17) is 0 Å². The lowest BCUT2D eigenvalue weighted by molar-refractivity contribution is -0.0418. The molecule has 0 spiro atoms. The molecule has 4 rings (SSSR count). The van der Waals surface area contributed by atoms with Crippen LogP contribution in [0.2, 0.25) is 0 Å². The van der Waals surface area contributed by atoms with Gasteiger partial charge in [-0.05, 0) is 55.3 Å². The van der Waals surface area contributed by atoms with Crippen LogP contribution in [-0.2, 0) is 10.0 Å². The van der Waals surface area contributed by atoms with Gasteiger partial charge in [-0.15, -0.1) is 0 Å². The van der Waals surface area contributed by atoms with Crippen molar-refractivity contribution in [2.45, 2.75) is 35.9 Å². The topological polar surface area (TPSA) is 86.7 Å². The average Bonchev–Trinajstić information content (AvgIpc) is 2.81. The summed E-state index contributed by atoms with van der Waals surface area (Å²) in [6.07, 6.45) is 0.122. The number of benzene rings is 3. The molecule has 0 radical (unpaired) electrons. The molecule has 1 aliphatic rings. The summed E-state index contributed by atoms with van der Waals surface area (Å²) in [6, 6.07) is 20.2. The van der Waals surface area contributed by atoms with E-state index < -0.39 is 39.4 Å².